The zero-order valence-electron chi connectivity index (χ0n) is 10.5. The number of hydrogen-bond donors (Lipinski definition) is 1. The molecule has 1 aromatic rings. The average Bonchev–Trinajstić information content (AvgIpc) is 2.94. The fourth-order valence-electron chi connectivity index (χ4n) is 2.39. The lowest BCUT2D eigenvalue weighted by Gasteiger charge is -2.15. The van der Waals surface area contributed by atoms with Crippen molar-refractivity contribution in [1.82, 2.24) is 4.90 Å². The molecule has 0 aliphatic carbocycles. The van der Waals surface area contributed by atoms with Crippen LogP contribution in [0.3, 0.4) is 0 Å². The number of furan rings is 1. The van der Waals surface area contributed by atoms with Gasteiger partial charge in [-0.05, 0) is 24.0 Å². The van der Waals surface area contributed by atoms with Gasteiger partial charge in [0, 0.05) is 19.5 Å². The molecule has 1 fully saturated rings. The number of primary amides is 1. The van der Waals surface area contributed by atoms with E-state index in [9.17, 15) is 9.59 Å². The summed E-state index contributed by atoms with van der Waals surface area (Å²) in [5.74, 6) is -0.289. The minimum atomic E-state index is -0.312. The highest BCUT2D eigenvalue weighted by molar-refractivity contribution is 5.81. The Hall–Kier alpha value is -1.78. The van der Waals surface area contributed by atoms with E-state index in [2.05, 4.69) is 0 Å². The highest BCUT2D eigenvalue weighted by atomic mass is 16.3. The first kappa shape index (κ1) is 12.7. The number of amides is 2. The Morgan fingerprint density at radius 2 is 2.28 bits per heavy atom. The molecule has 98 valence electrons. The third-order valence-electron chi connectivity index (χ3n) is 3.54. The molecule has 0 saturated carbocycles. The molecule has 1 aliphatic rings. The van der Waals surface area contributed by atoms with Crippen molar-refractivity contribution < 1.29 is 14.0 Å². The van der Waals surface area contributed by atoms with Crippen LogP contribution in [-0.4, -0.2) is 29.8 Å². The summed E-state index contributed by atoms with van der Waals surface area (Å²) in [6.07, 6.45) is 4.35. The summed E-state index contributed by atoms with van der Waals surface area (Å²) in [5, 5.41) is 0. The highest BCUT2D eigenvalue weighted by Gasteiger charge is 2.35. The smallest absolute Gasteiger partial charge is 0.222 e. The molecule has 2 rings (SSSR count). The van der Waals surface area contributed by atoms with E-state index in [1.54, 1.807) is 17.4 Å². The Balaban J connectivity index is 1.85. The van der Waals surface area contributed by atoms with E-state index in [1.165, 1.54) is 0 Å². The molecular formula is C13H18N2O3. The van der Waals surface area contributed by atoms with Crippen molar-refractivity contribution in [3.63, 3.8) is 0 Å². The van der Waals surface area contributed by atoms with Crippen molar-refractivity contribution in [3.8, 4) is 0 Å². The highest BCUT2D eigenvalue weighted by Crippen LogP contribution is 2.23. The number of carbonyl (C=O) groups excluding carboxylic acids is 2. The molecule has 0 spiro atoms. The second kappa shape index (κ2) is 5.25. The molecule has 5 heteroatoms. The Bertz CT molecular complexity index is 427. The number of aryl methyl sites for hydroxylation is 1. The van der Waals surface area contributed by atoms with Crippen molar-refractivity contribution >= 4 is 11.8 Å². The number of likely N-dealkylation sites (tertiary alicyclic amines) is 1. The minimum absolute atomic E-state index is 0.0757. The van der Waals surface area contributed by atoms with Crippen molar-refractivity contribution in [2.75, 3.05) is 13.1 Å². The number of hydrogen-bond acceptors (Lipinski definition) is 3. The van der Waals surface area contributed by atoms with Gasteiger partial charge in [-0.3, -0.25) is 9.59 Å². The second-order valence-electron chi connectivity index (χ2n) is 4.92. The van der Waals surface area contributed by atoms with Gasteiger partial charge in [0.05, 0.1) is 18.4 Å². The molecule has 1 saturated heterocycles. The summed E-state index contributed by atoms with van der Waals surface area (Å²) in [6.45, 7) is 3.04. The van der Waals surface area contributed by atoms with E-state index in [-0.39, 0.29) is 23.7 Å². The molecule has 2 heterocycles. The first-order valence-corrected chi connectivity index (χ1v) is 6.16. The minimum Gasteiger partial charge on any atom is -0.472 e. The van der Waals surface area contributed by atoms with E-state index < -0.39 is 0 Å². The lowest BCUT2D eigenvalue weighted by molar-refractivity contribution is -0.130. The van der Waals surface area contributed by atoms with Crippen LogP contribution in [0.25, 0.3) is 0 Å². The van der Waals surface area contributed by atoms with Crippen molar-refractivity contribution in [1.29, 1.82) is 0 Å². The maximum Gasteiger partial charge on any atom is 0.222 e. The number of rotatable bonds is 4. The quantitative estimate of drug-likeness (QED) is 0.858. The van der Waals surface area contributed by atoms with E-state index in [1.807, 2.05) is 13.0 Å². The predicted molar refractivity (Wildman–Crippen MR) is 65.5 cm³/mol. The normalized spacial score (nSPS) is 23.3. The fraction of sp³-hybridized carbons (Fsp3) is 0.538. The lowest BCUT2D eigenvalue weighted by atomic mass is 9.98. The Morgan fingerprint density at radius 1 is 1.50 bits per heavy atom. The van der Waals surface area contributed by atoms with Gasteiger partial charge in [0.25, 0.3) is 0 Å². The third-order valence-corrected chi connectivity index (χ3v) is 3.54. The van der Waals surface area contributed by atoms with Gasteiger partial charge in [-0.2, -0.15) is 0 Å². The van der Waals surface area contributed by atoms with Gasteiger partial charge in [-0.15, -0.1) is 0 Å². The predicted octanol–water partition coefficient (Wildman–Crippen LogP) is 0.792. The summed E-state index contributed by atoms with van der Waals surface area (Å²) in [4.78, 5) is 24.9. The van der Waals surface area contributed by atoms with E-state index in [0.29, 0.717) is 25.9 Å². The lowest BCUT2D eigenvalue weighted by Crippen LogP contribution is -2.32. The summed E-state index contributed by atoms with van der Waals surface area (Å²) in [6, 6.07) is 1.85. The van der Waals surface area contributed by atoms with E-state index in [4.69, 9.17) is 10.2 Å². The van der Waals surface area contributed by atoms with Gasteiger partial charge in [-0.1, -0.05) is 6.92 Å². The van der Waals surface area contributed by atoms with Gasteiger partial charge in [0.15, 0.2) is 0 Å². The average molecular weight is 250 g/mol. The van der Waals surface area contributed by atoms with Crippen molar-refractivity contribution in [2.24, 2.45) is 17.6 Å². The Morgan fingerprint density at radius 3 is 2.83 bits per heavy atom. The topological polar surface area (TPSA) is 76.5 Å². The molecule has 0 radical (unpaired) electrons. The number of carbonyl (C=O) groups is 2. The maximum atomic E-state index is 12.0. The second-order valence-corrected chi connectivity index (χ2v) is 4.92. The molecule has 1 aliphatic heterocycles. The van der Waals surface area contributed by atoms with E-state index in [0.717, 1.165) is 5.56 Å². The van der Waals surface area contributed by atoms with Crippen molar-refractivity contribution in [3.05, 3.63) is 24.2 Å². The summed E-state index contributed by atoms with van der Waals surface area (Å²) in [7, 11) is 0. The zero-order valence-corrected chi connectivity index (χ0v) is 10.5. The summed E-state index contributed by atoms with van der Waals surface area (Å²) >= 11 is 0. The van der Waals surface area contributed by atoms with Crippen LogP contribution in [0.1, 0.15) is 18.9 Å². The van der Waals surface area contributed by atoms with Gasteiger partial charge in [0.2, 0.25) is 11.8 Å². The zero-order chi connectivity index (χ0) is 13.1. The fourth-order valence-corrected chi connectivity index (χ4v) is 2.39. The molecule has 2 atom stereocenters. The molecule has 2 amide bonds. The third kappa shape index (κ3) is 2.72. The van der Waals surface area contributed by atoms with Gasteiger partial charge in [-0.25, -0.2) is 0 Å². The van der Waals surface area contributed by atoms with Gasteiger partial charge < -0.3 is 15.1 Å². The molecule has 0 bridgehead atoms. The maximum absolute atomic E-state index is 12.0. The van der Waals surface area contributed by atoms with Crippen LogP contribution < -0.4 is 5.73 Å². The molecule has 0 aromatic carbocycles. The van der Waals surface area contributed by atoms with Crippen LogP contribution in [0.4, 0.5) is 0 Å². The standard InChI is InChI=1S/C13H18N2O3/c1-9-6-15(7-11(9)13(14)17)12(16)3-2-10-4-5-18-8-10/h4-5,8-9,11H,2-3,6-7H2,1H3,(H2,14,17)/t9-,11-/m1/s1. The monoisotopic (exact) mass is 250 g/mol. The first-order chi connectivity index (χ1) is 8.58. The molecule has 18 heavy (non-hydrogen) atoms. The number of nitrogens with zero attached hydrogens (tertiary/aromatic N) is 1. The number of nitrogens with two attached hydrogens (primary N) is 1. The molecule has 1 aromatic heterocycles. The molecular weight excluding hydrogens is 232 g/mol. The van der Waals surface area contributed by atoms with Crippen LogP contribution in [0.2, 0.25) is 0 Å². The van der Waals surface area contributed by atoms with Crippen LogP contribution in [0.15, 0.2) is 23.0 Å². The summed E-state index contributed by atoms with van der Waals surface area (Å²) < 4.78 is 4.95. The molecule has 5 nitrogen and oxygen atoms in total. The van der Waals surface area contributed by atoms with Crippen molar-refractivity contribution in [2.45, 2.75) is 19.8 Å². The summed E-state index contributed by atoms with van der Waals surface area (Å²) in [5.41, 5.74) is 6.33. The van der Waals surface area contributed by atoms with Gasteiger partial charge >= 0.3 is 0 Å². The molecule has 2 N–H and O–H groups in total. The van der Waals surface area contributed by atoms with Gasteiger partial charge in [0.1, 0.15) is 0 Å². The van der Waals surface area contributed by atoms with Crippen LogP contribution in [0.5, 0.6) is 0 Å². The molecule has 0 unspecified atom stereocenters. The Labute approximate surface area is 106 Å². The van der Waals surface area contributed by atoms with Crippen LogP contribution in [0, 0.1) is 11.8 Å². The van der Waals surface area contributed by atoms with Crippen LogP contribution >= 0.6 is 0 Å². The first-order valence-electron chi connectivity index (χ1n) is 6.16. The Kier molecular flexibility index (Phi) is 3.69. The largest absolute Gasteiger partial charge is 0.472 e. The van der Waals surface area contributed by atoms with E-state index >= 15 is 0 Å². The SMILES string of the molecule is C[C@@H]1CN(C(=O)CCc2ccoc2)C[C@H]1C(N)=O. The van der Waals surface area contributed by atoms with Crippen LogP contribution in [-0.2, 0) is 16.0 Å².